The maximum Gasteiger partial charge on any atom is 0.239 e. The molecule has 0 atom stereocenters. The van der Waals surface area contributed by atoms with Crippen LogP contribution in [0, 0.1) is 0 Å². The molecule has 0 saturated carbocycles. The Hall–Kier alpha value is -1.97. The molecule has 104 valence electrons. The number of ether oxygens (including phenoxy) is 1. The highest BCUT2D eigenvalue weighted by atomic mass is 16.5. The van der Waals surface area contributed by atoms with Gasteiger partial charge in [-0.25, -0.2) is 0 Å². The zero-order chi connectivity index (χ0) is 13.9. The van der Waals surface area contributed by atoms with E-state index in [1.165, 1.54) is 0 Å². The van der Waals surface area contributed by atoms with Gasteiger partial charge in [0.05, 0.1) is 18.8 Å². The van der Waals surface area contributed by atoms with Crippen LogP contribution in [0.4, 0.5) is 5.69 Å². The number of nitrogens with one attached hydrogen (secondary N) is 2. The van der Waals surface area contributed by atoms with Crippen LogP contribution in [0.25, 0.3) is 0 Å². The second-order valence-corrected chi connectivity index (χ2v) is 4.14. The summed E-state index contributed by atoms with van der Waals surface area (Å²) in [6.45, 7) is 7.07. The summed E-state index contributed by atoms with van der Waals surface area (Å²) in [5, 5.41) is 5.79. The Labute approximate surface area is 114 Å². The summed E-state index contributed by atoms with van der Waals surface area (Å²) in [5.41, 5.74) is 0.840. The molecule has 0 fully saturated rings. The number of benzene rings is 1. The molecule has 4 heteroatoms. The molecule has 1 aromatic carbocycles. The Morgan fingerprint density at radius 1 is 1.42 bits per heavy atom. The van der Waals surface area contributed by atoms with Crippen molar-refractivity contribution < 1.29 is 9.53 Å². The van der Waals surface area contributed by atoms with Gasteiger partial charge in [-0.1, -0.05) is 31.6 Å². The summed E-state index contributed by atoms with van der Waals surface area (Å²) in [7, 11) is 0. The number of hydrogen-bond donors (Lipinski definition) is 2. The van der Waals surface area contributed by atoms with Crippen molar-refractivity contribution in [2.24, 2.45) is 0 Å². The second kappa shape index (κ2) is 9.03. The van der Waals surface area contributed by atoms with Crippen molar-refractivity contribution in [3.05, 3.63) is 36.9 Å². The zero-order valence-corrected chi connectivity index (χ0v) is 11.4. The average Bonchev–Trinajstić information content (AvgIpc) is 2.44. The topological polar surface area (TPSA) is 50.4 Å². The van der Waals surface area contributed by atoms with Crippen LogP contribution in [0.3, 0.4) is 0 Å². The number of para-hydroxylation sites is 2. The van der Waals surface area contributed by atoms with Gasteiger partial charge < -0.3 is 15.4 Å². The first kappa shape index (κ1) is 15.1. The van der Waals surface area contributed by atoms with E-state index in [1.807, 2.05) is 24.3 Å². The van der Waals surface area contributed by atoms with Crippen LogP contribution in [-0.2, 0) is 4.79 Å². The van der Waals surface area contributed by atoms with Gasteiger partial charge in [0.2, 0.25) is 5.91 Å². The zero-order valence-electron chi connectivity index (χ0n) is 11.4. The molecule has 0 aliphatic heterocycles. The molecule has 0 heterocycles. The van der Waals surface area contributed by atoms with Crippen molar-refractivity contribution in [3.8, 4) is 5.75 Å². The summed E-state index contributed by atoms with van der Waals surface area (Å²) in [6, 6.07) is 7.64. The Bertz CT molecular complexity index is 405. The Morgan fingerprint density at radius 3 is 2.95 bits per heavy atom. The lowest BCUT2D eigenvalue weighted by molar-refractivity contribution is -0.119. The van der Waals surface area contributed by atoms with Gasteiger partial charge in [-0.3, -0.25) is 4.79 Å². The maximum atomic E-state index is 11.5. The molecule has 0 saturated heterocycles. The first-order valence-electron chi connectivity index (χ1n) is 6.61. The van der Waals surface area contributed by atoms with E-state index in [2.05, 4.69) is 24.1 Å². The fraction of sp³-hybridized carbons (Fsp3) is 0.400. The van der Waals surface area contributed by atoms with Crippen molar-refractivity contribution in [1.82, 2.24) is 5.32 Å². The predicted molar refractivity (Wildman–Crippen MR) is 78.5 cm³/mol. The van der Waals surface area contributed by atoms with Crippen LogP contribution in [0.15, 0.2) is 36.9 Å². The van der Waals surface area contributed by atoms with Crippen LogP contribution in [0.1, 0.15) is 19.8 Å². The van der Waals surface area contributed by atoms with Gasteiger partial charge in [-0.15, -0.1) is 6.58 Å². The number of amides is 1. The third-order valence-electron chi connectivity index (χ3n) is 2.53. The molecule has 0 radical (unpaired) electrons. The summed E-state index contributed by atoms with van der Waals surface area (Å²) >= 11 is 0. The third-order valence-corrected chi connectivity index (χ3v) is 2.53. The van der Waals surface area contributed by atoms with E-state index in [0.717, 1.165) is 24.3 Å². The average molecular weight is 262 g/mol. The molecule has 4 nitrogen and oxygen atoms in total. The van der Waals surface area contributed by atoms with E-state index in [9.17, 15) is 4.79 Å². The van der Waals surface area contributed by atoms with E-state index in [4.69, 9.17) is 4.74 Å². The Morgan fingerprint density at radius 2 is 2.21 bits per heavy atom. The maximum absolute atomic E-state index is 11.5. The summed E-state index contributed by atoms with van der Waals surface area (Å²) in [5.74, 6) is 0.718. The van der Waals surface area contributed by atoms with E-state index in [0.29, 0.717) is 13.2 Å². The van der Waals surface area contributed by atoms with Crippen LogP contribution < -0.4 is 15.4 Å². The lowest BCUT2D eigenvalue weighted by atomic mass is 10.3. The van der Waals surface area contributed by atoms with Gasteiger partial charge in [-0.2, -0.15) is 0 Å². The molecule has 2 N–H and O–H groups in total. The normalized spacial score (nSPS) is 9.74. The second-order valence-electron chi connectivity index (χ2n) is 4.14. The van der Waals surface area contributed by atoms with Crippen LogP contribution in [0.5, 0.6) is 5.75 Å². The highest BCUT2D eigenvalue weighted by molar-refractivity contribution is 5.81. The number of hydrogen-bond acceptors (Lipinski definition) is 3. The molecule has 1 aromatic rings. The molecule has 0 aliphatic carbocycles. The molecule has 1 amide bonds. The first-order valence-corrected chi connectivity index (χ1v) is 6.61. The summed E-state index contributed by atoms with van der Waals surface area (Å²) < 4.78 is 5.68. The first-order chi connectivity index (χ1) is 9.27. The predicted octanol–water partition coefficient (Wildman–Crippen LogP) is 2.58. The molecule has 0 unspecified atom stereocenters. The van der Waals surface area contributed by atoms with Crippen molar-refractivity contribution in [3.63, 3.8) is 0 Å². The number of carbonyl (C=O) groups is 1. The standard InChI is InChI=1S/C15H22N2O2/c1-3-5-11-19-14-9-7-6-8-13(14)17-12-15(18)16-10-4-2/h4,6-9,17H,2-3,5,10-12H2,1H3,(H,16,18). The van der Waals surface area contributed by atoms with Gasteiger partial charge in [0.1, 0.15) is 5.75 Å². The summed E-state index contributed by atoms with van der Waals surface area (Å²) in [6.07, 6.45) is 3.77. The van der Waals surface area contributed by atoms with Crippen molar-refractivity contribution in [2.75, 3.05) is 25.0 Å². The van der Waals surface area contributed by atoms with Crippen LogP contribution in [0.2, 0.25) is 0 Å². The number of anilines is 1. The summed E-state index contributed by atoms with van der Waals surface area (Å²) in [4.78, 5) is 11.5. The van der Waals surface area contributed by atoms with Crippen LogP contribution >= 0.6 is 0 Å². The molecular weight excluding hydrogens is 240 g/mol. The van der Waals surface area contributed by atoms with E-state index < -0.39 is 0 Å². The molecule has 0 bridgehead atoms. The van der Waals surface area contributed by atoms with Crippen molar-refractivity contribution in [2.45, 2.75) is 19.8 Å². The molecule has 1 rings (SSSR count). The fourth-order valence-corrected chi connectivity index (χ4v) is 1.49. The highest BCUT2D eigenvalue weighted by Gasteiger charge is 2.04. The molecular formula is C15H22N2O2. The third kappa shape index (κ3) is 5.95. The van der Waals surface area contributed by atoms with E-state index in [1.54, 1.807) is 6.08 Å². The number of unbranched alkanes of at least 4 members (excludes halogenated alkanes) is 1. The van der Waals surface area contributed by atoms with Crippen LogP contribution in [-0.4, -0.2) is 25.6 Å². The monoisotopic (exact) mass is 262 g/mol. The van der Waals surface area contributed by atoms with Crippen molar-refractivity contribution >= 4 is 11.6 Å². The fourth-order valence-electron chi connectivity index (χ4n) is 1.49. The lowest BCUT2D eigenvalue weighted by Gasteiger charge is -2.12. The quantitative estimate of drug-likeness (QED) is 0.531. The Balaban J connectivity index is 2.47. The highest BCUT2D eigenvalue weighted by Crippen LogP contribution is 2.23. The lowest BCUT2D eigenvalue weighted by Crippen LogP contribution is -2.29. The molecule has 0 aromatic heterocycles. The van der Waals surface area contributed by atoms with Gasteiger partial charge in [0, 0.05) is 6.54 Å². The molecule has 0 spiro atoms. The van der Waals surface area contributed by atoms with Gasteiger partial charge >= 0.3 is 0 Å². The largest absolute Gasteiger partial charge is 0.491 e. The van der Waals surface area contributed by atoms with E-state index >= 15 is 0 Å². The minimum atomic E-state index is -0.0664. The van der Waals surface area contributed by atoms with Gasteiger partial charge in [0.25, 0.3) is 0 Å². The Kier molecular flexibility index (Phi) is 7.17. The molecule has 19 heavy (non-hydrogen) atoms. The minimum Gasteiger partial charge on any atom is -0.491 e. The van der Waals surface area contributed by atoms with Gasteiger partial charge in [0.15, 0.2) is 0 Å². The number of rotatable bonds is 9. The van der Waals surface area contributed by atoms with E-state index in [-0.39, 0.29) is 12.5 Å². The minimum absolute atomic E-state index is 0.0664. The smallest absolute Gasteiger partial charge is 0.239 e. The van der Waals surface area contributed by atoms with Gasteiger partial charge in [-0.05, 0) is 18.6 Å². The van der Waals surface area contributed by atoms with Crippen molar-refractivity contribution in [1.29, 1.82) is 0 Å². The number of carbonyl (C=O) groups excluding carboxylic acids is 1. The molecule has 0 aliphatic rings. The SMILES string of the molecule is C=CCNC(=O)CNc1ccccc1OCCCC.